The van der Waals surface area contributed by atoms with Gasteiger partial charge in [0.2, 0.25) is 0 Å². The molecule has 0 saturated carbocycles. The summed E-state index contributed by atoms with van der Waals surface area (Å²) in [6.07, 6.45) is 79.0. The molecule has 0 bridgehead atoms. The van der Waals surface area contributed by atoms with Crippen LogP contribution in [-0.2, 0) is 28.6 Å². The molecule has 6 heteroatoms. The molecule has 73 heavy (non-hydrogen) atoms. The molecule has 422 valence electrons. The minimum Gasteiger partial charge on any atom is -0.462 e. The van der Waals surface area contributed by atoms with Gasteiger partial charge in [-0.3, -0.25) is 14.4 Å². The smallest absolute Gasteiger partial charge is 0.306 e. The molecule has 1 atom stereocenters. The van der Waals surface area contributed by atoms with Crippen LogP contribution in [0.3, 0.4) is 0 Å². The van der Waals surface area contributed by atoms with E-state index in [4.69, 9.17) is 14.2 Å². The number of esters is 3. The molecule has 0 aromatic rings. The highest BCUT2D eigenvalue weighted by Crippen LogP contribution is 2.17. The summed E-state index contributed by atoms with van der Waals surface area (Å²) in [7, 11) is 0. The van der Waals surface area contributed by atoms with Gasteiger partial charge in [-0.2, -0.15) is 0 Å². The van der Waals surface area contributed by atoms with Crippen molar-refractivity contribution in [2.24, 2.45) is 0 Å². The Hall–Kier alpha value is -3.15. The second-order valence-corrected chi connectivity index (χ2v) is 21.0. The zero-order valence-corrected chi connectivity index (χ0v) is 48.4. The molecule has 6 nitrogen and oxygen atoms in total. The molecular formula is C67H118O6. The van der Waals surface area contributed by atoms with Gasteiger partial charge in [-0.1, -0.05) is 299 Å². The minimum atomic E-state index is -0.779. The van der Waals surface area contributed by atoms with Gasteiger partial charge in [-0.05, 0) is 70.6 Å². The van der Waals surface area contributed by atoms with Crippen LogP contribution in [0.15, 0.2) is 72.9 Å². The normalized spacial score (nSPS) is 12.5. The molecule has 0 aromatic carbocycles. The third-order valence-corrected chi connectivity index (χ3v) is 13.7. The monoisotopic (exact) mass is 1020 g/mol. The number of hydrogen-bond donors (Lipinski definition) is 0. The Labute approximate surface area is 453 Å². The molecule has 0 amide bonds. The fourth-order valence-electron chi connectivity index (χ4n) is 9.04. The van der Waals surface area contributed by atoms with Gasteiger partial charge in [-0.15, -0.1) is 0 Å². The summed E-state index contributed by atoms with van der Waals surface area (Å²) in [4.78, 5) is 38.3. The first kappa shape index (κ1) is 69.8. The SMILES string of the molecule is CC/C=C\C/C=C\C/C=C\C/C=C\C/C=C\C/C=C\CCCCCCCCC(=O)OCC(COC(=O)CCCCCCCCCCCCCCCCC)OC(=O)CCCCCCCCCCCCCCCCC. The summed E-state index contributed by atoms with van der Waals surface area (Å²) < 4.78 is 16.9. The van der Waals surface area contributed by atoms with E-state index in [0.717, 1.165) is 103 Å². The van der Waals surface area contributed by atoms with Crippen LogP contribution in [0, 0.1) is 0 Å². The number of rotatable bonds is 57. The van der Waals surface area contributed by atoms with Crippen LogP contribution < -0.4 is 0 Å². The summed E-state index contributed by atoms with van der Waals surface area (Å²) in [5.74, 6) is -0.873. The van der Waals surface area contributed by atoms with Gasteiger partial charge in [0, 0.05) is 19.3 Å². The van der Waals surface area contributed by atoms with E-state index >= 15 is 0 Å². The average Bonchev–Trinajstić information content (AvgIpc) is 3.39. The van der Waals surface area contributed by atoms with Crippen molar-refractivity contribution in [3.8, 4) is 0 Å². The quantitative estimate of drug-likeness (QED) is 0.0261. The van der Waals surface area contributed by atoms with Crippen molar-refractivity contribution in [3.05, 3.63) is 72.9 Å². The maximum absolute atomic E-state index is 12.9. The predicted molar refractivity (Wildman–Crippen MR) is 316 cm³/mol. The summed E-state index contributed by atoms with van der Waals surface area (Å²) >= 11 is 0. The number of hydrogen-bond acceptors (Lipinski definition) is 6. The van der Waals surface area contributed by atoms with E-state index in [2.05, 4.69) is 93.7 Å². The van der Waals surface area contributed by atoms with Crippen molar-refractivity contribution in [1.82, 2.24) is 0 Å². The molecule has 0 heterocycles. The molecule has 0 aliphatic heterocycles. The van der Waals surface area contributed by atoms with E-state index in [0.29, 0.717) is 19.3 Å². The summed E-state index contributed by atoms with van der Waals surface area (Å²) in [6, 6.07) is 0. The van der Waals surface area contributed by atoms with Crippen molar-refractivity contribution in [1.29, 1.82) is 0 Å². The van der Waals surface area contributed by atoms with Crippen LogP contribution >= 0.6 is 0 Å². The number of ether oxygens (including phenoxy) is 3. The van der Waals surface area contributed by atoms with Crippen molar-refractivity contribution in [3.63, 3.8) is 0 Å². The molecule has 0 saturated heterocycles. The van der Waals surface area contributed by atoms with Gasteiger partial charge >= 0.3 is 17.9 Å². The number of carbonyl (C=O) groups is 3. The Morgan fingerprint density at radius 2 is 0.534 bits per heavy atom. The van der Waals surface area contributed by atoms with Gasteiger partial charge in [0.1, 0.15) is 13.2 Å². The maximum Gasteiger partial charge on any atom is 0.306 e. The number of unbranched alkanes of at least 4 members (excludes halogenated alkanes) is 34. The Morgan fingerprint density at radius 1 is 0.288 bits per heavy atom. The average molecular weight is 1020 g/mol. The lowest BCUT2D eigenvalue weighted by Crippen LogP contribution is -2.30. The highest BCUT2D eigenvalue weighted by atomic mass is 16.6. The first-order chi connectivity index (χ1) is 36.0. The van der Waals surface area contributed by atoms with E-state index in [1.165, 1.54) is 173 Å². The van der Waals surface area contributed by atoms with E-state index in [-0.39, 0.29) is 31.1 Å². The van der Waals surface area contributed by atoms with Crippen LogP contribution in [0.4, 0.5) is 0 Å². The fraction of sp³-hybridized carbons (Fsp3) is 0.776. The van der Waals surface area contributed by atoms with Gasteiger partial charge in [0.25, 0.3) is 0 Å². The van der Waals surface area contributed by atoms with E-state index in [1.54, 1.807) is 0 Å². The lowest BCUT2D eigenvalue weighted by atomic mass is 10.0. The molecule has 0 rings (SSSR count). The second-order valence-electron chi connectivity index (χ2n) is 21.0. The summed E-state index contributed by atoms with van der Waals surface area (Å²) in [6.45, 7) is 6.56. The molecule has 1 unspecified atom stereocenters. The predicted octanol–water partition coefficient (Wildman–Crippen LogP) is 21.3. The van der Waals surface area contributed by atoms with Crippen LogP contribution in [0.5, 0.6) is 0 Å². The minimum absolute atomic E-state index is 0.0754. The molecule has 0 radical (unpaired) electrons. The lowest BCUT2D eigenvalue weighted by molar-refractivity contribution is -0.167. The van der Waals surface area contributed by atoms with E-state index < -0.39 is 6.10 Å². The topological polar surface area (TPSA) is 78.9 Å². The Kier molecular flexibility index (Phi) is 58.7. The summed E-state index contributed by atoms with van der Waals surface area (Å²) in [5, 5.41) is 0. The van der Waals surface area contributed by atoms with Crippen LogP contribution in [0.2, 0.25) is 0 Å². The number of carbonyl (C=O) groups excluding carboxylic acids is 3. The first-order valence-electron chi connectivity index (χ1n) is 31.4. The lowest BCUT2D eigenvalue weighted by Gasteiger charge is -2.18. The molecule has 0 spiro atoms. The zero-order valence-electron chi connectivity index (χ0n) is 48.4. The van der Waals surface area contributed by atoms with Gasteiger partial charge in [-0.25, -0.2) is 0 Å². The van der Waals surface area contributed by atoms with E-state index in [9.17, 15) is 14.4 Å². The second kappa shape index (κ2) is 61.4. The van der Waals surface area contributed by atoms with Crippen molar-refractivity contribution in [2.45, 2.75) is 322 Å². The van der Waals surface area contributed by atoms with Crippen molar-refractivity contribution >= 4 is 17.9 Å². The van der Waals surface area contributed by atoms with Gasteiger partial charge in [0.05, 0.1) is 0 Å². The summed E-state index contributed by atoms with van der Waals surface area (Å²) in [5.41, 5.74) is 0. The van der Waals surface area contributed by atoms with Gasteiger partial charge < -0.3 is 14.2 Å². The van der Waals surface area contributed by atoms with Crippen LogP contribution in [0.25, 0.3) is 0 Å². The standard InChI is InChI=1S/C67H118O6/c1-4-7-10-13-16-19-22-25-28-29-30-31-32-33-34-35-36-37-40-42-45-48-51-54-57-60-66(69)72-63-64(73-67(70)61-58-55-52-49-46-43-39-27-24-21-18-15-12-9-6-3)62-71-65(68)59-56-53-50-47-44-41-38-26-23-20-17-14-11-8-5-2/h7,10,16,19,25,28,30-31,33-34,36-37,64H,4-6,8-9,11-15,17-18,20-24,26-27,29,32,35,38-63H2,1-3H3/b10-7-,19-16-,28-25-,31-30-,34-33-,37-36-. The highest BCUT2D eigenvalue weighted by molar-refractivity contribution is 5.71. The third-order valence-electron chi connectivity index (χ3n) is 13.7. The molecule has 0 aliphatic carbocycles. The van der Waals surface area contributed by atoms with E-state index in [1.807, 2.05) is 0 Å². The van der Waals surface area contributed by atoms with Crippen molar-refractivity contribution in [2.75, 3.05) is 13.2 Å². The molecule has 0 fully saturated rings. The first-order valence-corrected chi connectivity index (χ1v) is 31.4. The highest BCUT2D eigenvalue weighted by Gasteiger charge is 2.19. The molecule has 0 aromatic heterocycles. The Bertz CT molecular complexity index is 1360. The Morgan fingerprint density at radius 3 is 0.836 bits per heavy atom. The third kappa shape index (κ3) is 59.6. The van der Waals surface area contributed by atoms with Gasteiger partial charge in [0.15, 0.2) is 6.10 Å². The largest absolute Gasteiger partial charge is 0.462 e. The Balaban J connectivity index is 4.34. The zero-order chi connectivity index (χ0) is 52.9. The van der Waals surface area contributed by atoms with Crippen molar-refractivity contribution < 1.29 is 28.6 Å². The number of allylic oxidation sites excluding steroid dienone is 12. The molecular weight excluding hydrogens is 901 g/mol. The van der Waals surface area contributed by atoms with Crippen LogP contribution in [-0.4, -0.2) is 37.2 Å². The van der Waals surface area contributed by atoms with Crippen LogP contribution in [0.1, 0.15) is 316 Å². The fourth-order valence-corrected chi connectivity index (χ4v) is 9.04. The molecule has 0 N–H and O–H groups in total. The maximum atomic E-state index is 12.9. The molecule has 0 aliphatic rings.